The van der Waals surface area contributed by atoms with E-state index in [0.29, 0.717) is 5.69 Å². The summed E-state index contributed by atoms with van der Waals surface area (Å²) in [6.07, 6.45) is 2.02. The molecule has 0 radical (unpaired) electrons. The smallest absolute Gasteiger partial charge is 0.274 e. The summed E-state index contributed by atoms with van der Waals surface area (Å²) in [5.41, 5.74) is 2.01. The van der Waals surface area contributed by atoms with Crippen LogP contribution in [0, 0.1) is 0 Å². The number of nitrogens with zero attached hydrogens (tertiary/aromatic N) is 1. The molecule has 0 saturated carbocycles. The lowest BCUT2D eigenvalue weighted by atomic mass is 10.2. The van der Waals surface area contributed by atoms with Crippen LogP contribution in [0.1, 0.15) is 10.5 Å². The Morgan fingerprint density at radius 1 is 1.00 bits per heavy atom. The largest absolute Gasteiger partial charge is 0.321 e. The molecule has 1 heterocycles. The number of aromatic nitrogens is 1. The summed E-state index contributed by atoms with van der Waals surface area (Å²) >= 11 is 1.67. The third kappa shape index (κ3) is 3.06. The second kappa shape index (κ2) is 5.97. The van der Waals surface area contributed by atoms with Crippen LogP contribution in [0.3, 0.4) is 0 Å². The number of amides is 1. The molecule has 0 unspecified atom stereocenters. The van der Waals surface area contributed by atoms with E-state index < -0.39 is 0 Å². The van der Waals surface area contributed by atoms with E-state index in [1.165, 1.54) is 0 Å². The van der Waals surface area contributed by atoms with Gasteiger partial charge in [-0.1, -0.05) is 24.3 Å². The molecule has 0 aliphatic rings. The van der Waals surface area contributed by atoms with Crippen molar-refractivity contribution in [1.29, 1.82) is 0 Å². The van der Waals surface area contributed by atoms with Gasteiger partial charge in [-0.3, -0.25) is 4.79 Å². The number of carbonyl (C=O) groups is 1. The van der Waals surface area contributed by atoms with E-state index in [0.717, 1.165) is 21.5 Å². The molecule has 3 aromatic rings. The van der Waals surface area contributed by atoms with E-state index in [9.17, 15) is 4.79 Å². The molecule has 0 saturated heterocycles. The molecular formula is C17H14N2OS. The van der Waals surface area contributed by atoms with Gasteiger partial charge < -0.3 is 5.32 Å². The molecule has 4 heteroatoms. The van der Waals surface area contributed by atoms with E-state index in [1.807, 2.05) is 60.9 Å². The van der Waals surface area contributed by atoms with Crippen LogP contribution in [0.15, 0.2) is 65.6 Å². The average molecular weight is 294 g/mol. The zero-order valence-electron chi connectivity index (χ0n) is 11.5. The molecule has 0 spiro atoms. The van der Waals surface area contributed by atoms with Crippen LogP contribution >= 0.6 is 11.8 Å². The van der Waals surface area contributed by atoms with E-state index in [-0.39, 0.29) is 5.91 Å². The van der Waals surface area contributed by atoms with Crippen LogP contribution in [0.25, 0.3) is 10.9 Å². The molecule has 21 heavy (non-hydrogen) atoms. The van der Waals surface area contributed by atoms with Crippen molar-refractivity contribution in [1.82, 2.24) is 4.98 Å². The number of nitrogens with one attached hydrogen (secondary N) is 1. The van der Waals surface area contributed by atoms with Gasteiger partial charge in [-0.2, -0.15) is 0 Å². The van der Waals surface area contributed by atoms with Crippen LogP contribution in [-0.4, -0.2) is 17.1 Å². The fraction of sp³-hybridized carbons (Fsp3) is 0.0588. The van der Waals surface area contributed by atoms with Crippen molar-refractivity contribution < 1.29 is 4.79 Å². The van der Waals surface area contributed by atoms with Crippen molar-refractivity contribution in [3.63, 3.8) is 0 Å². The minimum absolute atomic E-state index is 0.197. The fourth-order valence-electron chi connectivity index (χ4n) is 2.06. The van der Waals surface area contributed by atoms with Crippen molar-refractivity contribution in [2.24, 2.45) is 0 Å². The summed E-state index contributed by atoms with van der Waals surface area (Å²) in [4.78, 5) is 17.8. The van der Waals surface area contributed by atoms with Crippen molar-refractivity contribution in [2.75, 3.05) is 11.6 Å². The van der Waals surface area contributed by atoms with Gasteiger partial charge in [0.2, 0.25) is 0 Å². The number of hydrogen-bond donors (Lipinski definition) is 1. The van der Waals surface area contributed by atoms with Gasteiger partial charge >= 0.3 is 0 Å². The lowest BCUT2D eigenvalue weighted by molar-refractivity contribution is 0.102. The molecule has 0 bridgehead atoms. The Morgan fingerprint density at radius 3 is 2.52 bits per heavy atom. The van der Waals surface area contributed by atoms with Gasteiger partial charge in [0, 0.05) is 16.0 Å². The number of pyridine rings is 1. The Hall–Kier alpha value is -2.33. The zero-order chi connectivity index (χ0) is 14.7. The minimum Gasteiger partial charge on any atom is -0.321 e. The van der Waals surface area contributed by atoms with Gasteiger partial charge in [0.1, 0.15) is 5.69 Å². The molecule has 0 aliphatic carbocycles. The van der Waals surface area contributed by atoms with Crippen molar-refractivity contribution in [2.45, 2.75) is 4.90 Å². The number of carbonyl (C=O) groups excluding carboxylic acids is 1. The third-order valence-electron chi connectivity index (χ3n) is 3.18. The van der Waals surface area contributed by atoms with Crippen LogP contribution in [0.4, 0.5) is 5.69 Å². The lowest BCUT2D eigenvalue weighted by Gasteiger charge is -2.06. The van der Waals surface area contributed by atoms with Crippen molar-refractivity contribution >= 4 is 34.3 Å². The molecule has 3 nitrogen and oxygen atoms in total. The summed E-state index contributed by atoms with van der Waals surface area (Å²) in [6.45, 7) is 0. The SMILES string of the molecule is CSc1ccc(NC(=O)c2ccc3ccccc3n2)cc1. The number of rotatable bonds is 3. The summed E-state index contributed by atoms with van der Waals surface area (Å²) in [7, 11) is 0. The standard InChI is InChI=1S/C17H14N2OS/c1-21-14-9-7-13(8-10-14)18-17(20)16-11-6-12-4-2-3-5-15(12)19-16/h2-11H,1H3,(H,18,20). The normalized spacial score (nSPS) is 10.5. The molecule has 1 amide bonds. The first-order valence-electron chi connectivity index (χ1n) is 6.57. The van der Waals surface area contributed by atoms with Gasteiger partial charge in [0.15, 0.2) is 0 Å². The van der Waals surface area contributed by atoms with E-state index in [2.05, 4.69) is 10.3 Å². The van der Waals surface area contributed by atoms with E-state index in [4.69, 9.17) is 0 Å². The first-order chi connectivity index (χ1) is 10.3. The maximum absolute atomic E-state index is 12.2. The maximum atomic E-state index is 12.2. The summed E-state index contributed by atoms with van der Waals surface area (Å²) in [5.74, 6) is -0.197. The predicted molar refractivity (Wildman–Crippen MR) is 87.9 cm³/mol. The van der Waals surface area contributed by atoms with E-state index in [1.54, 1.807) is 17.8 Å². The molecule has 104 valence electrons. The number of benzene rings is 2. The number of hydrogen-bond acceptors (Lipinski definition) is 3. The summed E-state index contributed by atoms with van der Waals surface area (Å²) < 4.78 is 0. The Bertz CT molecular complexity index is 784. The lowest BCUT2D eigenvalue weighted by Crippen LogP contribution is -2.13. The molecule has 3 rings (SSSR count). The van der Waals surface area contributed by atoms with Gasteiger partial charge in [-0.05, 0) is 42.7 Å². The summed E-state index contributed by atoms with van der Waals surface area (Å²) in [6, 6.07) is 19.2. The highest BCUT2D eigenvalue weighted by Gasteiger charge is 2.08. The molecule has 0 aliphatic heterocycles. The maximum Gasteiger partial charge on any atom is 0.274 e. The molecule has 0 fully saturated rings. The Kier molecular flexibility index (Phi) is 3.88. The number of fused-ring (bicyclic) bond motifs is 1. The van der Waals surface area contributed by atoms with Crippen molar-refractivity contribution in [3.8, 4) is 0 Å². The quantitative estimate of drug-likeness (QED) is 0.736. The second-order valence-electron chi connectivity index (χ2n) is 4.57. The second-order valence-corrected chi connectivity index (χ2v) is 5.45. The molecule has 0 atom stereocenters. The number of para-hydroxylation sites is 1. The zero-order valence-corrected chi connectivity index (χ0v) is 12.4. The number of thioether (sulfide) groups is 1. The highest BCUT2D eigenvalue weighted by molar-refractivity contribution is 7.98. The van der Waals surface area contributed by atoms with Crippen LogP contribution in [-0.2, 0) is 0 Å². The highest BCUT2D eigenvalue weighted by Crippen LogP contribution is 2.18. The topological polar surface area (TPSA) is 42.0 Å². The first-order valence-corrected chi connectivity index (χ1v) is 7.80. The van der Waals surface area contributed by atoms with Gasteiger partial charge in [0.25, 0.3) is 5.91 Å². The third-order valence-corrected chi connectivity index (χ3v) is 3.92. The fourth-order valence-corrected chi connectivity index (χ4v) is 2.47. The average Bonchev–Trinajstić information content (AvgIpc) is 2.55. The first kappa shape index (κ1) is 13.6. The molecule has 1 N–H and O–H groups in total. The number of anilines is 1. The Labute approximate surface area is 127 Å². The van der Waals surface area contributed by atoms with Crippen LogP contribution in [0.5, 0.6) is 0 Å². The molecule has 1 aromatic heterocycles. The highest BCUT2D eigenvalue weighted by atomic mass is 32.2. The molecular weight excluding hydrogens is 280 g/mol. The Morgan fingerprint density at radius 2 is 1.76 bits per heavy atom. The van der Waals surface area contributed by atoms with Gasteiger partial charge in [-0.25, -0.2) is 4.98 Å². The summed E-state index contributed by atoms with van der Waals surface area (Å²) in [5, 5.41) is 3.89. The minimum atomic E-state index is -0.197. The van der Waals surface area contributed by atoms with Crippen LogP contribution in [0.2, 0.25) is 0 Å². The van der Waals surface area contributed by atoms with Crippen molar-refractivity contribution in [3.05, 3.63) is 66.4 Å². The van der Waals surface area contributed by atoms with Gasteiger partial charge in [0.05, 0.1) is 5.52 Å². The van der Waals surface area contributed by atoms with E-state index >= 15 is 0 Å². The Balaban J connectivity index is 1.82. The predicted octanol–water partition coefficient (Wildman–Crippen LogP) is 4.21. The molecule has 2 aromatic carbocycles. The van der Waals surface area contributed by atoms with Crippen LogP contribution < -0.4 is 5.32 Å². The monoisotopic (exact) mass is 294 g/mol. The van der Waals surface area contributed by atoms with Gasteiger partial charge in [-0.15, -0.1) is 11.8 Å².